The lowest BCUT2D eigenvalue weighted by Gasteiger charge is -2.32. The number of halogens is 1. The maximum atomic E-state index is 15.0. The molecule has 3 N–H and O–H groups in total. The molecule has 1 saturated carbocycles. The van der Waals surface area contributed by atoms with E-state index in [1.54, 1.807) is 17.6 Å². The number of aliphatic hydroxyl groups is 2. The maximum absolute atomic E-state index is 15.0. The molecule has 1 aromatic carbocycles. The average molecular weight is 534 g/mol. The van der Waals surface area contributed by atoms with Crippen LogP contribution < -0.4 is 10.9 Å². The molecule has 1 amide bonds. The Kier molecular flexibility index (Phi) is 5.28. The van der Waals surface area contributed by atoms with Crippen LogP contribution >= 0.6 is 0 Å². The number of esters is 1. The number of nitrogens with zero attached hydrogens (tertiary/aromatic N) is 2. The molecule has 2 aliphatic carbocycles. The number of carbonyl (C=O) groups excluding carboxylic acids is 2. The standard InChI is InChI=1S/C29H28FN3O6/c1-13-15-4-5-20(31-23(35)6-7-34)25-16-11-33-22(26(16)32-21(24(15)25)9-19(13)30)8-18-17(27(33)36)12-39-28(37)29(18,38)10-14-2-3-14/h8-9,14,20,34,38H,2-7,10-12H2,1H3,(H,31,35)/t20-,29-/m0/s1. The van der Waals surface area contributed by atoms with Crippen LogP contribution in [0, 0.1) is 18.7 Å². The number of hydrogen-bond acceptors (Lipinski definition) is 7. The molecule has 9 nitrogen and oxygen atoms in total. The van der Waals surface area contributed by atoms with Gasteiger partial charge in [-0.25, -0.2) is 14.2 Å². The van der Waals surface area contributed by atoms with Crippen LogP contribution in [0.4, 0.5) is 4.39 Å². The lowest BCUT2D eigenvalue weighted by atomic mass is 9.81. The summed E-state index contributed by atoms with van der Waals surface area (Å²) >= 11 is 0. The highest BCUT2D eigenvalue weighted by Crippen LogP contribution is 2.47. The van der Waals surface area contributed by atoms with Gasteiger partial charge in [0.05, 0.1) is 41.7 Å². The van der Waals surface area contributed by atoms with Crippen LogP contribution in [0.15, 0.2) is 16.9 Å². The van der Waals surface area contributed by atoms with Gasteiger partial charge in [-0.3, -0.25) is 9.59 Å². The fraction of sp³-hybridized carbons (Fsp3) is 0.448. The Bertz CT molecular complexity index is 1680. The third kappa shape index (κ3) is 3.50. The predicted molar refractivity (Wildman–Crippen MR) is 137 cm³/mol. The van der Waals surface area contributed by atoms with E-state index in [9.17, 15) is 29.0 Å². The van der Waals surface area contributed by atoms with Gasteiger partial charge in [-0.05, 0) is 54.9 Å². The van der Waals surface area contributed by atoms with Gasteiger partial charge in [0, 0.05) is 29.0 Å². The second-order valence-corrected chi connectivity index (χ2v) is 11.2. The largest absolute Gasteiger partial charge is 0.458 e. The number of aromatic nitrogens is 2. The van der Waals surface area contributed by atoms with Gasteiger partial charge in [-0.2, -0.15) is 0 Å². The minimum Gasteiger partial charge on any atom is -0.458 e. The summed E-state index contributed by atoms with van der Waals surface area (Å²) in [6.07, 6.45) is 3.05. The van der Waals surface area contributed by atoms with Gasteiger partial charge in [-0.1, -0.05) is 12.8 Å². The quantitative estimate of drug-likeness (QED) is 0.336. The van der Waals surface area contributed by atoms with Crippen LogP contribution in [0.1, 0.15) is 71.5 Å². The molecule has 4 aliphatic rings. The third-order valence-electron chi connectivity index (χ3n) is 8.82. The van der Waals surface area contributed by atoms with Crippen LogP contribution in [0.3, 0.4) is 0 Å². The number of fused-ring (bicyclic) bond motifs is 5. The Morgan fingerprint density at radius 2 is 2.03 bits per heavy atom. The lowest BCUT2D eigenvalue weighted by molar-refractivity contribution is -0.173. The molecule has 1 fully saturated rings. The monoisotopic (exact) mass is 533 g/mol. The topological polar surface area (TPSA) is 131 Å². The highest BCUT2D eigenvalue weighted by Gasteiger charge is 2.49. The molecule has 39 heavy (non-hydrogen) atoms. The van der Waals surface area contributed by atoms with Gasteiger partial charge in [-0.15, -0.1) is 0 Å². The van der Waals surface area contributed by atoms with Gasteiger partial charge >= 0.3 is 5.97 Å². The van der Waals surface area contributed by atoms with Crippen molar-refractivity contribution in [1.29, 1.82) is 0 Å². The van der Waals surface area contributed by atoms with E-state index in [2.05, 4.69) is 5.32 Å². The molecule has 7 rings (SSSR count). The first-order chi connectivity index (χ1) is 18.7. The molecule has 10 heteroatoms. The number of aryl methyl sites for hydroxylation is 1. The molecule has 202 valence electrons. The first kappa shape index (κ1) is 24.4. The fourth-order valence-corrected chi connectivity index (χ4v) is 6.67. The predicted octanol–water partition coefficient (Wildman–Crippen LogP) is 2.40. The van der Waals surface area contributed by atoms with Crippen molar-refractivity contribution in [3.05, 3.63) is 61.7 Å². The van der Waals surface area contributed by atoms with Crippen LogP contribution in [0.25, 0.3) is 22.3 Å². The SMILES string of the molecule is Cc1c(F)cc2nc3c(c4c2c1CC[C@@H]4NC(=O)CCO)Cn1c-3cc2c(c1=O)COC(=O)[C@]2(O)CC1CC1. The second kappa shape index (κ2) is 8.43. The summed E-state index contributed by atoms with van der Waals surface area (Å²) in [6, 6.07) is 2.65. The summed E-state index contributed by atoms with van der Waals surface area (Å²) in [5, 5.41) is 24.6. The number of cyclic esters (lactones) is 1. The zero-order valence-electron chi connectivity index (χ0n) is 21.5. The number of amides is 1. The van der Waals surface area contributed by atoms with Crippen molar-refractivity contribution in [1.82, 2.24) is 14.9 Å². The highest BCUT2D eigenvalue weighted by molar-refractivity contribution is 5.94. The Balaban J connectivity index is 1.47. The Morgan fingerprint density at radius 1 is 1.23 bits per heavy atom. The number of nitrogens with one attached hydrogen (secondary N) is 1. The first-order valence-electron chi connectivity index (χ1n) is 13.4. The van der Waals surface area contributed by atoms with E-state index < -0.39 is 17.6 Å². The van der Waals surface area contributed by atoms with E-state index >= 15 is 0 Å². The third-order valence-corrected chi connectivity index (χ3v) is 8.82. The summed E-state index contributed by atoms with van der Waals surface area (Å²) in [7, 11) is 0. The van der Waals surface area contributed by atoms with Crippen LogP contribution in [-0.4, -0.2) is 38.2 Å². The fourth-order valence-electron chi connectivity index (χ4n) is 6.67. The maximum Gasteiger partial charge on any atom is 0.343 e. The van der Waals surface area contributed by atoms with Gasteiger partial charge in [0.15, 0.2) is 5.60 Å². The molecule has 0 radical (unpaired) electrons. The van der Waals surface area contributed by atoms with E-state index in [1.165, 1.54) is 6.07 Å². The highest BCUT2D eigenvalue weighted by atomic mass is 19.1. The number of carbonyl (C=O) groups is 2. The van der Waals surface area contributed by atoms with E-state index in [0.29, 0.717) is 35.3 Å². The van der Waals surface area contributed by atoms with Gasteiger partial charge in [0.2, 0.25) is 5.91 Å². The zero-order chi connectivity index (χ0) is 27.2. The van der Waals surface area contributed by atoms with Crippen molar-refractivity contribution >= 4 is 22.8 Å². The number of benzene rings is 1. The molecular formula is C29H28FN3O6. The second-order valence-electron chi connectivity index (χ2n) is 11.2. The molecule has 2 atom stereocenters. The molecule has 4 heterocycles. The molecule has 3 aromatic rings. The molecule has 0 spiro atoms. The number of pyridine rings is 2. The molecule has 2 aromatic heterocycles. The summed E-state index contributed by atoms with van der Waals surface area (Å²) in [6.45, 7) is 1.43. The van der Waals surface area contributed by atoms with Gasteiger partial charge in [0.25, 0.3) is 5.56 Å². The summed E-state index contributed by atoms with van der Waals surface area (Å²) in [5.74, 6) is -1.23. The summed E-state index contributed by atoms with van der Waals surface area (Å²) in [5.41, 5.74) is 2.51. The van der Waals surface area contributed by atoms with E-state index in [1.807, 2.05) is 0 Å². The van der Waals surface area contributed by atoms with Crippen molar-refractivity contribution in [2.75, 3.05) is 6.61 Å². The number of aliphatic hydroxyl groups excluding tert-OH is 1. The minimum atomic E-state index is -1.91. The zero-order valence-corrected chi connectivity index (χ0v) is 21.5. The molecule has 0 unspecified atom stereocenters. The van der Waals surface area contributed by atoms with E-state index in [0.717, 1.165) is 34.9 Å². The normalized spacial score (nSPS) is 22.8. The van der Waals surface area contributed by atoms with Gasteiger partial charge in [0.1, 0.15) is 12.4 Å². The molecule has 0 bridgehead atoms. The first-order valence-corrected chi connectivity index (χ1v) is 13.4. The Labute approximate surface area is 222 Å². The van der Waals surface area contributed by atoms with Crippen molar-refractivity contribution < 1.29 is 28.9 Å². The smallest absolute Gasteiger partial charge is 0.343 e. The Morgan fingerprint density at radius 3 is 2.77 bits per heavy atom. The minimum absolute atomic E-state index is 0.0395. The number of hydrogen-bond donors (Lipinski definition) is 3. The van der Waals surface area contributed by atoms with Crippen molar-refractivity contribution in [2.24, 2.45) is 5.92 Å². The van der Waals surface area contributed by atoms with E-state index in [-0.39, 0.29) is 66.9 Å². The van der Waals surface area contributed by atoms with Crippen LogP contribution in [-0.2, 0) is 39.5 Å². The van der Waals surface area contributed by atoms with Crippen LogP contribution in [0.5, 0.6) is 0 Å². The average Bonchev–Trinajstić information content (AvgIpc) is 3.64. The number of rotatable bonds is 5. The molecule has 2 aliphatic heterocycles. The molecular weight excluding hydrogens is 505 g/mol. The summed E-state index contributed by atoms with van der Waals surface area (Å²) in [4.78, 5) is 43.9. The van der Waals surface area contributed by atoms with Crippen molar-refractivity contribution in [3.63, 3.8) is 0 Å². The Hall–Kier alpha value is -3.63. The van der Waals surface area contributed by atoms with Crippen molar-refractivity contribution in [3.8, 4) is 11.4 Å². The summed E-state index contributed by atoms with van der Waals surface area (Å²) < 4.78 is 21.8. The van der Waals surface area contributed by atoms with Crippen LogP contribution in [0.2, 0.25) is 0 Å². The van der Waals surface area contributed by atoms with Crippen molar-refractivity contribution in [2.45, 2.75) is 70.2 Å². The van der Waals surface area contributed by atoms with E-state index in [4.69, 9.17) is 9.72 Å². The lowest BCUT2D eigenvalue weighted by Crippen LogP contribution is -2.45. The number of ether oxygens (including phenoxy) is 1. The molecule has 0 saturated heterocycles. The van der Waals surface area contributed by atoms with Gasteiger partial charge < -0.3 is 24.8 Å².